The maximum Gasteiger partial charge on any atom is 0.326 e. The summed E-state index contributed by atoms with van der Waals surface area (Å²) < 4.78 is 0. The third-order valence-electron chi connectivity index (χ3n) is 2.59. The molecule has 1 atom stereocenters. The molecule has 0 aliphatic carbocycles. The Morgan fingerprint density at radius 3 is 2.60 bits per heavy atom. The molecule has 1 amide bonds. The van der Waals surface area contributed by atoms with E-state index in [1.54, 1.807) is 18.2 Å². The first-order chi connectivity index (χ1) is 9.43. The summed E-state index contributed by atoms with van der Waals surface area (Å²) in [5.74, 6) is -0.706. The summed E-state index contributed by atoms with van der Waals surface area (Å²) in [6.07, 6.45) is 2.35. The van der Waals surface area contributed by atoms with Crippen LogP contribution in [0.4, 0.5) is 0 Å². The minimum absolute atomic E-state index is 0.0694. The van der Waals surface area contributed by atoms with Gasteiger partial charge in [0, 0.05) is 0 Å². The fraction of sp³-hybridized carbons (Fsp3) is 0.385. The van der Waals surface area contributed by atoms with E-state index in [9.17, 15) is 9.59 Å². The van der Waals surface area contributed by atoms with Crippen molar-refractivity contribution in [1.29, 1.82) is 0 Å². The molecule has 1 aromatic carbocycles. The largest absolute Gasteiger partial charge is 0.480 e. The number of carbonyl (C=O) groups excluding carboxylic acids is 1. The van der Waals surface area contributed by atoms with Gasteiger partial charge in [-0.25, -0.2) is 4.79 Å². The predicted octanol–water partition coefficient (Wildman–Crippen LogP) is 2.86. The second kappa shape index (κ2) is 8.39. The van der Waals surface area contributed by atoms with Crippen molar-refractivity contribution < 1.29 is 14.7 Å². The molecule has 20 heavy (non-hydrogen) atoms. The average Bonchev–Trinajstić information content (AvgIpc) is 2.38. The van der Waals surface area contributed by atoms with Gasteiger partial charge in [0.25, 0.3) is 0 Å². The molecule has 0 saturated heterocycles. The molecule has 1 unspecified atom stereocenters. The third-order valence-corrected chi connectivity index (χ3v) is 3.98. The van der Waals surface area contributed by atoms with E-state index in [-0.39, 0.29) is 12.3 Å². The highest BCUT2D eigenvalue weighted by molar-refractivity contribution is 7.98. The Morgan fingerprint density at radius 2 is 2.05 bits per heavy atom. The lowest BCUT2D eigenvalue weighted by molar-refractivity contribution is -0.141. The number of carbonyl (C=O) groups is 2. The first kappa shape index (κ1) is 17.1. The number of benzene rings is 1. The number of carboxylic acids is 1. The summed E-state index contributed by atoms with van der Waals surface area (Å²) >= 11 is 13.2. The van der Waals surface area contributed by atoms with Crippen LogP contribution in [0.15, 0.2) is 18.2 Å². The van der Waals surface area contributed by atoms with Crippen molar-refractivity contribution >= 4 is 46.8 Å². The van der Waals surface area contributed by atoms with Crippen LogP contribution < -0.4 is 5.32 Å². The molecule has 4 nitrogen and oxygen atoms in total. The molecular weight excluding hydrogens is 321 g/mol. The Bertz CT molecular complexity index is 497. The summed E-state index contributed by atoms with van der Waals surface area (Å²) in [6.45, 7) is 0. The molecule has 0 radical (unpaired) electrons. The Labute approximate surface area is 131 Å². The number of hydrogen-bond acceptors (Lipinski definition) is 3. The normalized spacial score (nSPS) is 11.9. The molecular formula is C13H15Cl2NO3S. The van der Waals surface area contributed by atoms with Crippen LogP contribution >= 0.6 is 35.0 Å². The first-order valence-corrected chi connectivity index (χ1v) is 8.04. The number of aliphatic carboxylic acids is 1. The Balaban J connectivity index is 2.60. The van der Waals surface area contributed by atoms with Gasteiger partial charge in [0.2, 0.25) is 5.91 Å². The van der Waals surface area contributed by atoms with Gasteiger partial charge in [-0.2, -0.15) is 11.8 Å². The molecule has 0 saturated carbocycles. The monoisotopic (exact) mass is 335 g/mol. The van der Waals surface area contributed by atoms with Crippen LogP contribution in [0, 0.1) is 0 Å². The molecule has 0 aliphatic heterocycles. The summed E-state index contributed by atoms with van der Waals surface area (Å²) in [5.41, 5.74) is 0.686. The second-order valence-corrected chi connectivity index (χ2v) is 5.97. The summed E-state index contributed by atoms with van der Waals surface area (Å²) in [7, 11) is 0. The summed E-state index contributed by atoms with van der Waals surface area (Å²) in [6, 6.07) is 4.03. The maximum atomic E-state index is 11.8. The van der Waals surface area contributed by atoms with Crippen molar-refractivity contribution in [3.8, 4) is 0 Å². The number of carboxylic acid groups (broad SMARTS) is 1. The Morgan fingerprint density at radius 1 is 1.35 bits per heavy atom. The van der Waals surface area contributed by atoms with Gasteiger partial charge in [0.05, 0.1) is 16.5 Å². The highest BCUT2D eigenvalue weighted by atomic mass is 35.5. The third kappa shape index (κ3) is 5.61. The fourth-order valence-electron chi connectivity index (χ4n) is 1.57. The van der Waals surface area contributed by atoms with E-state index in [1.807, 2.05) is 6.26 Å². The van der Waals surface area contributed by atoms with Crippen LogP contribution in [0.5, 0.6) is 0 Å². The standard InChI is InChI=1S/C13H15Cl2NO3S/c1-20-5-4-11(13(18)19)16-12(17)7-8-2-3-9(14)10(15)6-8/h2-3,6,11H,4-5,7H2,1H3,(H,16,17)(H,18,19). The Kier molecular flexibility index (Phi) is 7.19. The SMILES string of the molecule is CSCCC(NC(=O)Cc1ccc(Cl)c(Cl)c1)C(=O)O. The van der Waals surface area contributed by atoms with Crippen molar-refractivity contribution in [2.75, 3.05) is 12.0 Å². The molecule has 7 heteroatoms. The predicted molar refractivity (Wildman–Crippen MR) is 82.7 cm³/mol. The summed E-state index contributed by atoms with van der Waals surface area (Å²) in [5, 5.41) is 12.3. The van der Waals surface area contributed by atoms with Crippen LogP contribution in [0.25, 0.3) is 0 Å². The van der Waals surface area contributed by atoms with Gasteiger partial charge in [-0.15, -0.1) is 0 Å². The van der Waals surface area contributed by atoms with Gasteiger partial charge < -0.3 is 10.4 Å². The molecule has 0 bridgehead atoms. The number of rotatable bonds is 7. The average molecular weight is 336 g/mol. The molecule has 1 aromatic rings. The van der Waals surface area contributed by atoms with Crippen LogP contribution in [-0.4, -0.2) is 35.0 Å². The van der Waals surface area contributed by atoms with Crippen molar-refractivity contribution in [3.63, 3.8) is 0 Å². The topological polar surface area (TPSA) is 66.4 Å². The van der Waals surface area contributed by atoms with Gasteiger partial charge >= 0.3 is 5.97 Å². The van der Waals surface area contributed by atoms with Crippen molar-refractivity contribution in [2.24, 2.45) is 0 Å². The van der Waals surface area contributed by atoms with E-state index in [1.165, 1.54) is 11.8 Å². The van der Waals surface area contributed by atoms with Gasteiger partial charge in [-0.1, -0.05) is 29.3 Å². The number of thioether (sulfide) groups is 1. The highest BCUT2D eigenvalue weighted by Crippen LogP contribution is 2.22. The van der Waals surface area contributed by atoms with Gasteiger partial charge in [0.15, 0.2) is 0 Å². The van der Waals surface area contributed by atoms with E-state index in [2.05, 4.69) is 5.32 Å². The van der Waals surface area contributed by atoms with Crippen molar-refractivity contribution in [3.05, 3.63) is 33.8 Å². The molecule has 0 aliphatic rings. The van der Waals surface area contributed by atoms with Gasteiger partial charge in [0.1, 0.15) is 6.04 Å². The first-order valence-electron chi connectivity index (χ1n) is 5.89. The quantitative estimate of drug-likeness (QED) is 0.804. The zero-order valence-corrected chi connectivity index (χ0v) is 13.2. The summed E-state index contributed by atoms with van der Waals surface area (Å²) in [4.78, 5) is 22.9. The van der Waals surface area contributed by atoms with Gasteiger partial charge in [-0.3, -0.25) is 4.79 Å². The lowest BCUT2D eigenvalue weighted by Gasteiger charge is -2.14. The molecule has 2 N–H and O–H groups in total. The van der Waals surface area contributed by atoms with Gasteiger partial charge in [-0.05, 0) is 36.1 Å². The number of amides is 1. The number of hydrogen-bond donors (Lipinski definition) is 2. The highest BCUT2D eigenvalue weighted by Gasteiger charge is 2.19. The van der Waals surface area contributed by atoms with E-state index < -0.39 is 12.0 Å². The zero-order valence-electron chi connectivity index (χ0n) is 10.9. The lowest BCUT2D eigenvalue weighted by atomic mass is 10.1. The van der Waals surface area contributed by atoms with E-state index in [4.69, 9.17) is 28.3 Å². The van der Waals surface area contributed by atoms with Crippen LogP contribution in [0.1, 0.15) is 12.0 Å². The lowest BCUT2D eigenvalue weighted by Crippen LogP contribution is -2.41. The Hall–Kier alpha value is -0.910. The van der Waals surface area contributed by atoms with E-state index in [0.717, 1.165) is 0 Å². The molecule has 0 heterocycles. The number of nitrogens with one attached hydrogen (secondary N) is 1. The molecule has 1 rings (SSSR count). The van der Waals surface area contributed by atoms with Crippen molar-refractivity contribution in [1.82, 2.24) is 5.32 Å². The maximum absolute atomic E-state index is 11.8. The second-order valence-electron chi connectivity index (χ2n) is 4.17. The van der Waals surface area contributed by atoms with E-state index in [0.29, 0.717) is 27.8 Å². The number of halogens is 2. The van der Waals surface area contributed by atoms with E-state index >= 15 is 0 Å². The fourth-order valence-corrected chi connectivity index (χ4v) is 2.37. The minimum atomic E-state index is -1.03. The molecule has 0 fully saturated rings. The van der Waals surface area contributed by atoms with Crippen molar-refractivity contribution in [2.45, 2.75) is 18.9 Å². The smallest absolute Gasteiger partial charge is 0.326 e. The molecule has 110 valence electrons. The van der Waals surface area contributed by atoms with Crippen LogP contribution in [0.3, 0.4) is 0 Å². The molecule has 0 spiro atoms. The minimum Gasteiger partial charge on any atom is -0.480 e. The van der Waals surface area contributed by atoms with Crippen LogP contribution in [0.2, 0.25) is 10.0 Å². The molecule has 0 aromatic heterocycles. The van der Waals surface area contributed by atoms with Crippen LogP contribution in [-0.2, 0) is 16.0 Å². The zero-order chi connectivity index (χ0) is 15.1.